The summed E-state index contributed by atoms with van der Waals surface area (Å²) in [5, 5.41) is 2.90. The Morgan fingerprint density at radius 2 is 1.61 bits per heavy atom. The summed E-state index contributed by atoms with van der Waals surface area (Å²) in [4.78, 5) is 28.2. The molecule has 3 rings (SSSR count). The number of likely N-dealkylation sites (N-methyl/N-ethyl adjacent to an activating group) is 1. The Balaban J connectivity index is 1.87. The molecule has 1 atom stereocenters. The molecular formula is C27H29IN2O3. The monoisotopic (exact) mass is 556 g/mol. The standard InChI is InChI=1S/C27H29IN2O3/c1-3-29-27(32)25(17-21-7-5-4-6-8-21)30(18-22-11-9-20(2)10-12-22)26(31)19-33-24-15-13-23(28)14-16-24/h4-16,25H,3,17-19H2,1-2H3,(H,29,32). The van der Waals surface area contributed by atoms with Crippen LogP contribution >= 0.6 is 22.6 Å². The maximum atomic E-state index is 13.4. The van der Waals surface area contributed by atoms with Gasteiger partial charge in [0.2, 0.25) is 5.91 Å². The second-order valence-electron chi connectivity index (χ2n) is 7.85. The number of carbonyl (C=O) groups excluding carboxylic acids is 2. The van der Waals surface area contributed by atoms with Crippen LogP contribution in [0.4, 0.5) is 0 Å². The third-order valence-corrected chi connectivity index (χ3v) is 5.99. The van der Waals surface area contributed by atoms with E-state index >= 15 is 0 Å². The van der Waals surface area contributed by atoms with Gasteiger partial charge in [-0.15, -0.1) is 0 Å². The first-order valence-electron chi connectivity index (χ1n) is 11.0. The van der Waals surface area contributed by atoms with Crippen molar-refractivity contribution >= 4 is 34.4 Å². The van der Waals surface area contributed by atoms with Gasteiger partial charge in [0.05, 0.1) is 0 Å². The number of carbonyl (C=O) groups is 2. The average Bonchev–Trinajstić information content (AvgIpc) is 2.82. The second kappa shape index (κ2) is 12.4. The van der Waals surface area contributed by atoms with E-state index in [0.717, 1.165) is 20.3 Å². The van der Waals surface area contributed by atoms with Crippen molar-refractivity contribution in [3.8, 4) is 5.75 Å². The molecule has 6 heteroatoms. The van der Waals surface area contributed by atoms with Crippen LogP contribution in [-0.2, 0) is 22.6 Å². The summed E-state index contributed by atoms with van der Waals surface area (Å²) < 4.78 is 6.86. The molecule has 0 aliphatic rings. The Morgan fingerprint density at radius 3 is 2.24 bits per heavy atom. The molecule has 5 nitrogen and oxygen atoms in total. The molecule has 0 spiro atoms. The van der Waals surface area contributed by atoms with Crippen molar-refractivity contribution in [1.82, 2.24) is 10.2 Å². The number of rotatable bonds is 10. The summed E-state index contributed by atoms with van der Waals surface area (Å²) in [5.41, 5.74) is 3.10. The minimum Gasteiger partial charge on any atom is -0.484 e. The molecule has 3 aromatic rings. The first-order chi connectivity index (χ1) is 16.0. The molecule has 3 aromatic carbocycles. The number of aryl methyl sites for hydroxylation is 1. The van der Waals surface area contributed by atoms with Gasteiger partial charge in [0.25, 0.3) is 5.91 Å². The zero-order valence-corrected chi connectivity index (χ0v) is 21.1. The largest absolute Gasteiger partial charge is 0.484 e. The maximum absolute atomic E-state index is 13.4. The summed E-state index contributed by atoms with van der Waals surface area (Å²) in [7, 11) is 0. The normalized spacial score (nSPS) is 11.5. The van der Waals surface area contributed by atoms with E-state index in [4.69, 9.17) is 4.74 Å². The van der Waals surface area contributed by atoms with Crippen molar-refractivity contribution in [2.45, 2.75) is 32.9 Å². The molecule has 33 heavy (non-hydrogen) atoms. The number of benzene rings is 3. The summed E-state index contributed by atoms with van der Waals surface area (Å²) in [6.07, 6.45) is 0.424. The predicted octanol–water partition coefficient (Wildman–Crippen LogP) is 4.75. The molecule has 0 aromatic heterocycles. The third-order valence-electron chi connectivity index (χ3n) is 5.27. The molecule has 0 bridgehead atoms. The van der Waals surface area contributed by atoms with Crippen LogP contribution in [0.3, 0.4) is 0 Å². The molecule has 0 saturated heterocycles. The van der Waals surface area contributed by atoms with Crippen LogP contribution in [0.25, 0.3) is 0 Å². The summed E-state index contributed by atoms with van der Waals surface area (Å²) in [6, 6.07) is 24.7. The van der Waals surface area contributed by atoms with Gasteiger partial charge >= 0.3 is 0 Å². The fraction of sp³-hybridized carbons (Fsp3) is 0.259. The van der Waals surface area contributed by atoms with Gasteiger partial charge in [0.15, 0.2) is 6.61 Å². The topological polar surface area (TPSA) is 58.6 Å². The molecule has 0 heterocycles. The molecule has 0 saturated carbocycles. The number of ether oxygens (including phenoxy) is 1. The second-order valence-corrected chi connectivity index (χ2v) is 9.10. The number of halogens is 1. The first kappa shape index (κ1) is 24.8. The number of amides is 2. The predicted molar refractivity (Wildman–Crippen MR) is 139 cm³/mol. The zero-order chi connectivity index (χ0) is 23.6. The van der Waals surface area contributed by atoms with Crippen molar-refractivity contribution in [3.05, 3.63) is 99.1 Å². The molecule has 1 unspecified atom stereocenters. The van der Waals surface area contributed by atoms with Crippen LogP contribution in [0.15, 0.2) is 78.9 Å². The molecule has 0 radical (unpaired) electrons. The Kier molecular flexibility index (Phi) is 9.30. The zero-order valence-electron chi connectivity index (χ0n) is 19.0. The lowest BCUT2D eigenvalue weighted by Crippen LogP contribution is -2.51. The third kappa shape index (κ3) is 7.60. The van der Waals surface area contributed by atoms with Gasteiger partial charge in [0, 0.05) is 23.1 Å². The Morgan fingerprint density at radius 1 is 0.939 bits per heavy atom. The lowest BCUT2D eigenvalue weighted by atomic mass is 10.0. The van der Waals surface area contributed by atoms with Crippen molar-refractivity contribution in [2.75, 3.05) is 13.2 Å². The Labute approximate surface area is 209 Å². The van der Waals surface area contributed by atoms with Gasteiger partial charge in [-0.2, -0.15) is 0 Å². The van der Waals surface area contributed by atoms with E-state index in [0.29, 0.717) is 25.3 Å². The molecule has 1 N–H and O–H groups in total. The van der Waals surface area contributed by atoms with Crippen LogP contribution in [0.1, 0.15) is 23.6 Å². The van der Waals surface area contributed by atoms with Gasteiger partial charge in [-0.05, 0) is 71.8 Å². The van der Waals surface area contributed by atoms with Crippen LogP contribution in [-0.4, -0.2) is 35.9 Å². The Bertz CT molecular complexity index is 1040. The van der Waals surface area contributed by atoms with Gasteiger partial charge in [-0.1, -0.05) is 60.2 Å². The highest BCUT2D eigenvalue weighted by Gasteiger charge is 2.30. The summed E-state index contributed by atoms with van der Waals surface area (Å²) >= 11 is 2.22. The van der Waals surface area contributed by atoms with Crippen LogP contribution in [0.5, 0.6) is 5.75 Å². The van der Waals surface area contributed by atoms with E-state index in [-0.39, 0.29) is 18.4 Å². The van der Waals surface area contributed by atoms with Crippen molar-refractivity contribution in [2.24, 2.45) is 0 Å². The van der Waals surface area contributed by atoms with Crippen LogP contribution in [0, 0.1) is 10.5 Å². The minimum atomic E-state index is -0.651. The molecule has 172 valence electrons. The van der Waals surface area contributed by atoms with Crippen LogP contribution < -0.4 is 10.1 Å². The highest BCUT2D eigenvalue weighted by molar-refractivity contribution is 14.1. The maximum Gasteiger partial charge on any atom is 0.261 e. The van der Waals surface area contributed by atoms with Crippen molar-refractivity contribution in [1.29, 1.82) is 0 Å². The van der Waals surface area contributed by atoms with E-state index in [2.05, 4.69) is 27.9 Å². The van der Waals surface area contributed by atoms with Gasteiger partial charge in [0.1, 0.15) is 11.8 Å². The van der Waals surface area contributed by atoms with E-state index in [1.165, 1.54) is 0 Å². The quantitative estimate of drug-likeness (QED) is 0.367. The SMILES string of the molecule is CCNC(=O)C(Cc1ccccc1)N(Cc1ccc(C)cc1)C(=O)COc1ccc(I)cc1. The number of hydrogen-bond donors (Lipinski definition) is 1. The lowest BCUT2D eigenvalue weighted by molar-refractivity contribution is -0.142. The van der Waals surface area contributed by atoms with E-state index < -0.39 is 6.04 Å². The molecule has 2 amide bonds. The molecule has 0 fully saturated rings. The highest BCUT2D eigenvalue weighted by Crippen LogP contribution is 2.17. The molecule has 0 aliphatic carbocycles. The lowest BCUT2D eigenvalue weighted by Gasteiger charge is -2.31. The average molecular weight is 556 g/mol. The minimum absolute atomic E-state index is 0.142. The van der Waals surface area contributed by atoms with Crippen molar-refractivity contribution in [3.63, 3.8) is 0 Å². The summed E-state index contributed by atoms with van der Waals surface area (Å²) in [6.45, 7) is 4.58. The van der Waals surface area contributed by atoms with Gasteiger partial charge < -0.3 is 15.0 Å². The number of nitrogens with one attached hydrogen (secondary N) is 1. The van der Waals surface area contributed by atoms with E-state index in [1.807, 2.05) is 92.7 Å². The fourth-order valence-electron chi connectivity index (χ4n) is 3.49. The number of nitrogens with zero attached hydrogens (tertiary/aromatic N) is 1. The number of hydrogen-bond acceptors (Lipinski definition) is 3. The molecule has 0 aliphatic heterocycles. The van der Waals surface area contributed by atoms with E-state index in [9.17, 15) is 9.59 Å². The van der Waals surface area contributed by atoms with Crippen LogP contribution in [0.2, 0.25) is 0 Å². The first-order valence-corrected chi connectivity index (χ1v) is 12.1. The van der Waals surface area contributed by atoms with Gasteiger partial charge in [-0.25, -0.2) is 0 Å². The smallest absolute Gasteiger partial charge is 0.261 e. The Hall–Kier alpha value is -2.87. The van der Waals surface area contributed by atoms with Crippen molar-refractivity contribution < 1.29 is 14.3 Å². The highest BCUT2D eigenvalue weighted by atomic mass is 127. The van der Waals surface area contributed by atoms with Gasteiger partial charge in [-0.3, -0.25) is 9.59 Å². The van der Waals surface area contributed by atoms with E-state index in [1.54, 1.807) is 4.90 Å². The molecular weight excluding hydrogens is 527 g/mol. The fourth-order valence-corrected chi connectivity index (χ4v) is 3.85. The summed E-state index contributed by atoms with van der Waals surface area (Å²) in [5.74, 6) is 0.217.